The average Bonchev–Trinajstić information content (AvgIpc) is 2.58. The van der Waals surface area contributed by atoms with E-state index in [0.29, 0.717) is 6.61 Å². The van der Waals surface area contributed by atoms with Crippen molar-refractivity contribution in [2.75, 3.05) is 32.8 Å². The molecule has 22 heavy (non-hydrogen) atoms. The van der Waals surface area contributed by atoms with Crippen molar-refractivity contribution >= 4 is 5.91 Å². The topological polar surface area (TPSA) is 41.6 Å². The van der Waals surface area contributed by atoms with E-state index >= 15 is 0 Å². The molecule has 1 amide bonds. The van der Waals surface area contributed by atoms with Crippen LogP contribution in [-0.4, -0.2) is 43.7 Å². The second kappa shape index (κ2) is 8.91. The van der Waals surface area contributed by atoms with E-state index in [1.165, 1.54) is 11.1 Å². The molecule has 0 bridgehead atoms. The summed E-state index contributed by atoms with van der Waals surface area (Å²) in [4.78, 5) is 14.4. The number of unbranched alkanes of at least 4 members (excludes halogenated alkanes) is 1. The minimum atomic E-state index is 0.0992. The predicted molar refractivity (Wildman–Crippen MR) is 88.9 cm³/mol. The van der Waals surface area contributed by atoms with Crippen LogP contribution in [0, 0.1) is 0 Å². The van der Waals surface area contributed by atoms with Gasteiger partial charge in [0.1, 0.15) is 6.61 Å². The summed E-state index contributed by atoms with van der Waals surface area (Å²) >= 11 is 0. The monoisotopic (exact) mass is 304 g/mol. The Kier molecular flexibility index (Phi) is 6.87. The smallest absolute Gasteiger partial charge is 0.249 e. The van der Waals surface area contributed by atoms with Crippen molar-refractivity contribution in [3.63, 3.8) is 0 Å². The van der Waals surface area contributed by atoms with Crippen molar-refractivity contribution < 1.29 is 9.53 Å². The number of ether oxygens (including phenoxy) is 1. The maximum absolute atomic E-state index is 12.4. The summed E-state index contributed by atoms with van der Waals surface area (Å²) in [7, 11) is 0. The molecular formula is C18H28N2O2. The Labute approximate surface area is 133 Å². The van der Waals surface area contributed by atoms with E-state index < -0.39 is 0 Å². The fourth-order valence-electron chi connectivity index (χ4n) is 2.76. The van der Waals surface area contributed by atoms with E-state index in [4.69, 9.17) is 4.74 Å². The lowest BCUT2D eigenvalue weighted by Gasteiger charge is -2.36. The van der Waals surface area contributed by atoms with Crippen LogP contribution in [0.25, 0.3) is 0 Å². The third-order valence-electron chi connectivity index (χ3n) is 4.20. The van der Waals surface area contributed by atoms with Crippen LogP contribution in [0.3, 0.4) is 0 Å². The Morgan fingerprint density at radius 2 is 2.09 bits per heavy atom. The van der Waals surface area contributed by atoms with Gasteiger partial charge >= 0.3 is 0 Å². The van der Waals surface area contributed by atoms with Crippen molar-refractivity contribution in [3.05, 3.63) is 35.4 Å². The van der Waals surface area contributed by atoms with Gasteiger partial charge in [0.25, 0.3) is 0 Å². The molecule has 0 aromatic heterocycles. The fourth-order valence-corrected chi connectivity index (χ4v) is 2.76. The highest BCUT2D eigenvalue weighted by molar-refractivity contribution is 5.78. The first-order valence-corrected chi connectivity index (χ1v) is 8.43. The molecule has 2 rings (SSSR count). The molecule has 4 heteroatoms. The Bertz CT molecular complexity index is 459. The van der Waals surface area contributed by atoms with E-state index in [2.05, 4.69) is 43.4 Å². The quantitative estimate of drug-likeness (QED) is 0.787. The van der Waals surface area contributed by atoms with Crippen LogP contribution < -0.4 is 5.32 Å². The van der Waals surface area contributed by atoms with Crippen LogP contribution in [0.1, 0.15) is 43.9 Å². The van der Waals surface area contributed by atoms with Gasteiger partial charge in [-0.05, 0) is 24.0 Å². The zero-order valence-corrected chi connectivity index (χ0v) is 13.8. The first-order chi connectivity index (χ1) is 10.8. The number of carbonyl (C=O) groups is 1. The van der Waals surface area contributed by atoms with Crippen LogP contribution in [0.15, 0.2) is 24.3 Å². The van der Waals surface area contributed by atoms with Gasteiger partial charge < -0.3 is 15.0 Å². The molecule has 1 aliphatic rings. The second-order valence-corrected chi connectivity index (χ2v) is 5.81. The van der Waals surface area contributed by atoms with Crippen LogP contribution in [0.2, 0.25) is 0 Å². The summed E-state index contributed by atoms with van der Waals surface area (Å²) in [5.74, 6) is 0.0992. The Balaban J connectivity index is 1.99. The summed E-state index contributed by atoms with van der Waals surface area (Å²) in [5, 5.41) is 3.39. The molecule has 1 N–H and O–H groups in total. The zero-order valence-electron chi connectivity index (χ0n) is 13.8. The molecular weight excluding hydrogens is 276 g/mol. The molecule has 4 nitrogen and oxygen atoms in total. The van der Waals surface area contributed by atoms with Gasteiger partial charge in [0.05, 0.1) is 6.04 Å². The number of benzene rings is 1. The molecule has 1 atom stereocenters. The molecule has 1 saturated heterocycles. The fraction of sp³-hybridized carbons (Fsp3) is 0.611. The molecule has 1 unspecified atom stereocenters. The first kappa shape index (κ1) is 17.0. The molecule has 1 aromatic carbocycles. The molecule has 0 aliphatic carbocycles. The molecule has 0 saturated carbocycles. The summed E-state index contributed by atoms with van der Waals surface area (Å²) < 4.78 is 5.50. The number of hydrogen-bond acceptors (Lipinski definition) is 3. The lowest BCUT2D eigenvalue weighted by molar-refractivity contribution is -0.139. The second-order valence-electron chi connectivity index (χ2n) is 5.81. The summed E-state index contributed by atoms with van der Waals surface area (Å²) in [6, 6.07) is 8.72. The van der Waals surface area contributed by atoms with E-state index in [-0.39, 0.29) is 18.6 Å². The lowest BCUT2D eigenvalue weighted by Crippen LogP contribution is -2.49. The standard InChI is InChI=1S/C18H28N2O2/c1-3-5-12-22-14-18(21)20-11-10-19-13-17(20)16-8-6-15(4-2)7-9-16/h6-9,17,19H,3-5,10-14H2,1-2H3. The zero-order chi connectivity index (χ0) is 15.8. The van der Waals surface area contributed by atoms with Gasteiger partial charge in [0.2, 0.25) is 5.91 Å². The third kappa shape index (κ3) is 4.55. The highest BCUT2D eigenvalue weighted by Gasteiger charge is 2.27. The van der Waals surface area contributed by atoms with E-state index in [1.807, 2.05) is 4.90 Å². The molecule has 1 fully saturated rings. The van der Waals surface area contributed by atoms with Gasteiger partial charge in [-0.15, -0.1) is 0 Å². The van der Waals surface area contributed by atoms with Gasteiger partial charge in [-0.25, -0.2) is 0 Å². The van der Waals surface area contributed by atoms with E-state index in [0.717, 1.165) is 38.9 Å². The SMILES string of the molecule is CCCCOCC(=O)N1CCNCC1c1ccc(CC)cc1. The maximum atomic E-state index is 12.4. The number of nitrogens with one attached hydrogen (secondary N) is 1. The number of amides is 1. The number of hydrogen-bond donors (Lipinski definition) is 1. The molecule has 0 radical (unpaired) electrons. The van der Waals surface area contributed by atoms with Crippen molar-refractivity contribution in [1.29, 1.82) is 0 Å². The largest absolute Gasteiger partial charge is 0.372 e. The number of aryl methyl sites for hydroxylation is 1. The molecule has 0 spiro atoms. The minimum Gasteiger partial charge on any atom is -0.372 e. The predicted octanol–water partition coefficient (Wildman–Crippen LogP) is 2.54. The van der Waals surface area contributed by atoms with Crippen molar-refractivity contribution in [1.82, 2.24) is 10.2 Å². The summed E-state index contributed by atoms with van der Waals surface area (Å²) in [6.45, 7) is 7.55. The van der Waals surface area contributed by atoms with Crippen molar-refractivity contribution in [2.24, 2.45) is 0 Å². The van der Waals surface area contributed by atoms with Crippen LogP contribution in [-0.2, 0) is 16.0 Å². The van der Waals surface area contributed by atoms with Crippen LogP contribution in [0.4, 0.5) is 0 Å². The molecule has 1 aliphatic heterocycles. The van der Waals surface area contributed by atoms with Crippen molar-refractivity contribution in [2.45, 2.75) is 39.2 Å². The molecule has 122 valence electrons. The van der Waals surface area contributed by atoms with Crippen LogP contribution >= 0.6 is 0 Å². The minimum absolute atomic E-state index is 0.0992. The van der Waals surface area contributed by atoms with Gasteiger partial charge in [0, 0.05) is 26.2 Å². The van der Waals surface area contributed by atoms with E-state index in [9.17, 15) is 4.79 Å². The molecule has 1 aromatic rings. The Morgan fingerprint density at radius 3 is 2.77 bits per heavy atom. The number of piperazine rings is 1. The normalized spacial score (nSPS) is 18.5. The van der Waals surface area contributed by atoms with Gasteiger partial charge in [-0.1, -0.05) is 44.5 Å². The van der Waals surface area contributed by atoms with Gasteiger partial charge in [0.15, 0.2) is 0 Å². The highest BCUT2D eigenvalue weighted by Crippen LogP contribution is 2.23. The maximum Gasteiger partial charge on any atom is 0.249 e. The van der Waals surface area contributed by atoms with E-state index in [1.54, 1.807) is 0 Å². The Hall–Kier alpha value is -1.39. The average molecular weight is 304 g/mol. The van der Waals surface area contributed by atoms with Crippen LogP contribution in [0.5, 0.6) is 0 Å². The van der Waals surface area contributed by atoms with Crippen molar-refractivity contribution in [3.8, 4) is 0 Å². The number of rotatable bonds is 7. The van der Waals surface area contributed by atoms with Gasteiger partial charge in [-0.3, -0.25) is 4.79 Å². The lowest BCUT2D eigenvalue weighted by atomic mass is 10.0. The Morgan fingerprint density at radius 1 is 1.32 bits per heavy atom. The summed E-state index contributed by atoms with van der Waals surface area (Å²) in [6.07, 6.45) is 3.14. The first-order valence-electron chi connectivity index (χ1n) is 8.43. The molecule has 1 heterocycles. The number of nitrogens with zero attached hydrogens (tertiary/aromatic N) is 1. The third-order valence-corrected chi connectivity index (χ3v) is 4.20. The number of carbonyl (C=O) groups excluding carboxylic acids is 1. The van der Waals surface area contributed by atoms with Gasteiger partial charge in [-0.2, -0.15) is 0 Å². The summed E-state index contributed by atoms with van der Waals surface area (Å²) in [5.41, 5.74) is 2.53. The highest BCUT2D eigenvalue weighted by atomic mass is 16.5.